The van der Waals surface area contributed by atoms with E-state index in [4.69, 9.17) is 0 Å². The fourth-order valence-corrected chi connectivity index (χ4v) is 1.98. The van der Waals surface area contributed by atoms with E-state index in [2.05, 4.69) is 48.5 Å². The molecule has 0 atom stereocenters. The van der Waals surface area contributed by atoms with Gasteiger partial charge in [0.2, 0.25) is 0 Å². The van der Waals surface area contributed by atoms with Crippen LogP contribution in [-0.4, -0.2) is 9.78 Å². The maximum Gasteiger partial charge on any atom is 0.0729 e. The fourth-order valence-electron chi connectivity index (χ4n) is 1.98. The van der Waals surface area contributed by atoms with Crippen molar-refractivity contribution in [3.8, 4) is 0 Å². The Bertz CT molecular complexity index is 483. The second kappa shape index (κ2) is 5.71. The van der Waals surface area contributed by atoms with Crippen LogP contribution in [0.5, 0.6) is 0 Å². The molecule has 2 rings (SSSR count). The van der Waals surface area contributed by atoms with Gasteiger partial charge in [0.1, 0.15) is 0 Å². The van der Waals surface area contributed by atoms with Gasteiger partial charge in [-0.15, -0.1) is 0 Å². The molecule has 2 aromatic rings. The number of aromatic nitrogens is 2. The summed E-state index contributed by atoms with van der Waals surface area (Å²) in [5.74, 6) is 0.712. The lowest BCUT2D eigenvalue weighted by molar-refractivity contribution is 0.647. The second-order valence-corrected chi connectivity index (χ2v) is 5.17. The highest BCUT2D eigenvalue weighted by Crippen LogP contribution is 2.11. The maximum absolute atomic E-state index is 4.13. The molecule has 1 aromatic heterocycles. The van der Waals surface area contributed by atoms with Gasteiger partial charge in [0.05, 0.1) is 11.9 Å². The van der Waals surface area contributed by atoms with Crippen molar-refractivity contribution in [1.29, 1.82) is 0 Å². The molecule has 1 aromatic carbocycles. The number of aryl methyl sites for hydroxylation is 1. The van der Waals surface area contributed by atoms with Crippen molar-refractivity contribution in [3.63, 3.8) is 0 Å². The third-order valence-corrected chi connectivity index (χ3v) is 2.87. The Morgan fingerprint density at radius 2 is 1.83 bits per heavy atom. The first-order valence-corrected chi connectivity index (χ1v) is 6.44. The standard InChI is InChI=1S/C15H21N3/c1-12(2)8-13-4-6-14(7-5-13)9-16-15-10-17-18(3)11-15/h4-7,10-12,16H,8-9H2,1-3H3. The van der Waals surface area contributed by atoms with Gasteiger partial charge in [0.25, 0.3) is 0 Å². The van der Waals surface area contributed by atoms with Crippen LogP contribution in [0.25, 0.3) is 0 Å². The highest BCUT2D eigenvalue weighted by molar-refractivity contribution is 5.39. The lowest BCUT2D eigenvalue weighted by Crippen LogP contribution is -1.99. The van der Waals surface area contributed by atoms with Crippen LogP contribution in [0.15, 0.2) is 36.7 Å². The number of anilines is 1. The van der Waals surface area contributed by atoms with E-state index in [-0.39, 0.29) is 0 Å². The number of nitrogens with one attached hydrogen (secondary N) is 1. The summed E-state index contributed by atoms with van der Waals surface area (Å²) in [5, 5.41) is 7.49. The van der Waals surface area contributed by atoms with Crippen LogP contribution >= 0.6 is 0 Å². The van der Waals surface area contributed by atoms with E-state index in [1.54, 1.807) is 4.68 Å². The Balaban J connectivity index is 1.90. The van der Waals surface area contributed by atoms with E-state index in [0.717, 1.165) is 18.7 Å². The predicted molar refractivity (Wildman–Crippen MR) is 75.5 cm³/mol. The summed E-state index contributed by atoms with van der Waals surface area (Å²) in [5.41, 5.74) is 3.77. The Morgan fingerprint density at radius 1 is 1.17 bits per heavy atom. The van der Waals surface area contributed by atoms with E-state index in [1.807, 2.05) is 19.4 Å². The molecule has 0 radical (unpaired) electrons. The topological polar surface area (TPSA) is 29.9 Å². The molecule has 3 nitrogen and oxygen atoms in total. The second-order valence-electron chi connectivity index (χ2n) is 5.17. The van der Waals surface area contributed by atoms with Crippen LogP contribution in [0.3, 0.4) is 0 Å². The summed E-state index contributed by atoms with van der Waals surface area (Å²) in [6.07, 6.45) is 4.97. The summed E-state index contributed by atoms with van der Waals surface area (Å²) >= 11 is 0. The van der Waals surface area contributed by atoms with Gasteiger partial charge in [-0.3, -0.25) is 4.68 Å². The van der Waals surface area contributed by atoms with E-state index in [0.29, 0.717) is 5.92 Å². The maximum atomic E-state index is 4.13. The summed E-state index contributed by atoms with van der Waals surface area (Å²) in [4.78, 5) is 0. The summed E-state index contributed by atoms with van der Waals surface area (Å²) < 4.78 is 1.80. The predicted octanol–water partition coefficient (Wildman–Crippen LogP) is 3.23. The van der Waals surface area contributed by atoms with E-state index >= 15 is 0 Å². The van der Waals surface area contributed by atoms with Gasteiger partial charge >= 0.3 is 0 Å². The lowest BCUT2D eigenvalue weighted by Gasteiger charge is -2.07. The molecule has 18 heavy (non-hydrogen) atoms. The molecule has 0 aliphatic heterocycles. The van der Waals surface area contributed by atoms with Crippen molar-refractivity contribution in [2.45, 2.75) is 26.8 Å². The molecule has 0 bridgehead atoms. The van der Waals surface area contributed by atoms with Crippen molar-refractivity contribution in [2.75, 3.05) is 5.32 Å². The van der Waals surface area contributed by atoms with Gasteiger partial charge < -0.3 is 5.32 Å². The van der Waals surface area contributed by atoms with Gasteiger partial charge in [-0.05, 0) is 23.5 Å². The third kappa shape index (κ3) is 3.62. The Hall–Kier alpha value is -1.77. The normalized spacial score (nSPS) is 10.9. The third-order valence-electron chi connectivity index (χ3n) is 2.87. The van der Waals surface area contributed by atoms with Crippen LogP contribution in [0.4, 0.5) is 5.69 Å². The summed E-state index contributed by atoms with van der Waals surface area (Å²) in [6, 6.07) is 8.84. The number of rotatable bonds is 5. The molecule has 0 saturated carbocycles. The zero-order valence-corrected chi connectivity index (χ0v) is 11.4. The van der Waals surface area contributed by atoms with E-state index in [1.165, 1.54) is 11.1 Å². The molecule has 0 fully saturated rings. The first-order chi connectivity index (χ1) is 8.63. The fraction of sp³-hybridized carbons (Fsp3) is 0.400. The highest BCUT2D eigenvalue weighted by atomic mass is 15.3. The Kier molecular flexibility index (Phi) is 4.03. The van der Waals surface area contributed by atoms with Gasteiger partial charge in [0, 0.05) is 19.8 Å². The SMILES string of the molecule is CC(C)Cc1ccc(CNc2cnn(C)c2)cc1. The molecule has 1 heterocycles. The van der Waals surface area contributed by atoms with Crippen molar-refractivity contribution < 1.29 is 0 Å². The van der Waals surface area contributed by atoms with Crippen LogP contribution in [0, 0.1) is 5.92 Å². The first-order valence-electron chi connectivity index (χ1n) is 6.44. The Morgan fingerprint density at radius 3 is 2.39 bits per heavy atom. The van der Waals surface area contributed by atoms with Crippen molar-refractivity contribution >= 4 is 5.69 Å². The summed E-state index contributed by atoms with van der Waals surface area (Å²) in [6.45, 7) is 5.34. The van der Waals surface area contributed by atoms with Gasteiger partial charge in [-0.25, -0.2) is 0 Å². The average Bonchev–Trinajstić information content (AvgIpc) is 2.74. The molecule has 96 valence electrons. The zero-order chi connectivity index (χ0) is 13.0. The van der Waals surface area contributed by atoms with Crippen molar-refractivity contribution in [2.24, 2.45) is 13.0 Å². The van der Waals surface area contributed by atoms with E-state index < -0.39 is 0 Å². The zero-order valence-electron chi connectivity index (χ0n) is 11.4. The van der Waals surface area contributed by atoms with Gasteiger partial charge in [0.15, 0.2) is 0 Å². The quantitative estimate of drug-likeness (QED) is 0.873. The lowest BCUT2D eigenvalue weighted by atomic mass is 10.0. The Labute approximate surface area is 109 Å². The first kappa shape index (κ1) is 12.7. The van der Waals surface area contributed by atoms with Crippen molar-refractivity contribution in [1.82, 2.24) is 9.78 Å². The molecule has 0 unspecified atom stereocenters. The van der Waals surface area contributed by atoms with Gasteiger partial charge in [-0.1, -0.05) is 38.1 Å². The monoisotopic (exact) mass is 243 g/mol. The van der Waals surface area contributed by atoms with Crippen LogP contribution < -0.4 is 5.32 Å². The number of hydrogen-bond donors (Lipinski definition) is 1. The number of nitrogens with zero attached hydrogens (tertiary/aromatic N) is 2. The molecule has 0 saturated heterocycles. The minimum atomic E-state index is 0.712. The van der Waals surface area contributed by atoms with Crippen LogP contribution in [0.2, 0.25) is 0 Å². The minimum Gasteiger partial charge on any atom is -0.378 e. The molecule has 0 aliphatic rings. The van der Waals surface area contributed by atoms with Crippen LogP contribution in [0.1, 0.15) is 25.0 Å². The van der Waals surface area contributed by atoms with Crippen molar-refractivity contribution in [3.05, 3.63) is 47.8 Å². The molecular weight excluding hydrogens is 222 g/mol. The number of benzene rings is 1. The van der Waals surface area contributed by atoms with E-state index in [9.17, 15) is 0 Å². The number of hydrogen-bond acceptors (Lipinski definition) is 2. The molecule has 1 N–H and O–H groups in total. The molecule has 3 heteroatoms. The minimum absolute atomic E-state index is 0.712. The van der Waals surface area contributed by atoms with Gasteiger partial charge in [-0.2, -0.15) is 5.10 Å². The molecule has 0 amide bonds. The highest BCUT2D eigenvalue weighted by Gasteiger charge is 1.99. The smallest absolute Gasteiger partial charge is 0.0729 e. The average molecular weight is 243 g/mol. The van der Waals surface area contributed by atoms with Crippen LogP contribution in [-0.2, 0) is 20.0 Å². The molecular formula is C15H21N3. The molecule has 0 aliphatic carbocycles. The molecule has 0 spiro atoms. The summed E-state index contributed by atoms with van der Waals surface area (Å²) in [7, 11) is 1.92. The largest absolute Gasteiger partial charge is 0.378 e.